The van der Waals surface area contributed by atoms with Crippen molar-refractivity contribution in [2.45, 2.75) is 19.2 Å². The summed E-state index contributed by atoms with van der Waals surface area (Å²) in [5.41, 5.74) is -1.78. The normalized spacial score (nSPS) is 15.5. The molecule has 0 bridgehead atoms. The van der Waals surface area contributed by atoms with Crippen LogP contribution in [0.1, 0.15) is 24.2 Å². The highest BCUT2D eigenvalue weighted by Crippen LogP contribution is 2.42. The lowest BCUT2D eigenvalue weighted by molar-refractivity contribution is -0.155. The van der Waals surface area contributed by atoms with Crippen LogP contribution in [-0.2, 0) is 15.7 Å². The van der Waals surface area contributed by atoms with E-state index in [0.717, 1.165) is 6.07 Å². The van der Waals surface area contributed by atoms with Gasteiger partial charge in [0.15, 0.2) is 17.6 Å². The minimum atomic E-state index is -4.75. The van der Waals surface area contributed by atoms with Gasteiger partial charge in [-0.1, -0.05) is 0 Å². The molecule has 1 aromatic rings. The van der Waals surface area contributed by atoms with E-state index in [4.69, 9.17) is 9.47 Å². The lowest BCUT2D eigenvalue weighted by Gasteiger charge is -2.23. The van der Waals surface area contributed by atoms with Crippen molar-refractivity contribution in [1.29, 1.82) is 0 Å². The van der Waals surface area contributed by atoms with Gasteiger partial charge in [-0.15, -0.1) is 0 Å². The number of hydrogen-bond acceptors (Lipinski definition) is 5. The molecular weight excluding hydrogens is 293 g/mol. The van der Waals surface area contributed by atoms with E-state index in [0.29, 0.717) is 6.07 Å². The molecule has 1 heterocycles. The molecule has 8 heteroatoms. The van der Waals surface area contributed by atoms with Crippen LogP contribution in [0.25, 0.3) is 0 Å². The van der Waals surface area contributed by atoms with Gasteiger partial charge < -0.3 is 19.3 Å². The van der Waals surface area contributed by atoms with Gasteiger partial charge in [0, 0.05) is 5.56 Å². The average molecular weight is 306 g/mol. The Labute approximate surface area is 118 Å². The molecule has 0 radical (unpaired) electrons. The fourth-order valence-electron chi connectivity index (χ4n) is 1.92. The molecule has 0 spiro atoms. The van der Waals surface area contributed by atoms with Gasteiger partial charge in [-0.2, -0.15) is 13.2 Å². The van der Waals surface area contributed by atoms with Gasteiger partial charge >= 0.3 is 12.1 Å². The number of carbonyl (C=O) groups is 1. The zero-order chi connectivity index (χ0) is 15.6. The molecule has 0 aliphatic carbocycles. The predicted molar refractivity (Wildman–Crippen MR) is 64.0 cm³/mol. The number of rotatable bonds is 3. The molecule has 1 N–H and O–H groups in total. The Kier molecular flexibility index (Phi) is 4.26. The van der Waals surface area contributed by atoms with Crippen LogP contribution in [-0.4, -0.2) is 30.9 Å². The molecule has 1 unspecified atom stereocenters. The Morgan fingerprint density at radius 2 is 1.90 bits per heavy atom. The molecule has 116 valence electrons. The quantitative estimate of drug-likeness (QED) is 0.866. The second-order valence-corrected chi connectivity index (χ2v) is 4.24. The zero-order valence-electron chi connectivity index (χ0n) is 11.1. The van der Waals surface area contributed by atoms with Crippen LogP contribution in [0.2, 0.25) is 0 Å². The highest BCUT2D eigenvalue weighted by atomic mass is 19.4. The SMILES string of the molecule is CCOC(=O)C(O)c1cc2c(cc1C(F)(F)F)OCCO2. The molecule has 21 heavy (non-hydrogen) atoms. The van der Waals surface area contributed by atoms with Gasteiger partial charge in [0.2, 0.25) is 0 Å². The summed E-state index contributed by atoms with van der Waals surface area (Å²) >= 11 is 0. The van der Waals surface area contributed by atoms with E-state index < -0.39 is 29.4 Å². The number of alkyl halides is 3. The summed E-state index contributed by atoms with van der Waals surface area (Å²) in [5.74, 6) is -1.18. The van der Waals surface area contributed by atoms with E-state index in [2.05, 4.69) is 4.74 Å². The van der Waals surface area contributed by atoms with Crippen molar-refractivity contribution >= 4 is 5.97 Å². The number of fused-ring (bicyclic) bond motifs is 1. The van der Waals surface area contributed by atoms with Crippen molar-refractivity contribution in [2.75, 3.05) is 19.8 Å². The molecule has 1 aliphatic rings. The number of halogens is 3. The van der Waals surface area contributed by atoms with Crippen molar-refractivity contribution in [2.24, 2.45) is 0 Å². The molecule has 0 aromatic heterocycles. The van der Waals surface area contributed by atoms with Crippen molar-refractivity contribution in [3.63, 3.8) is 0 Å². The maximum atomic E-state index is 13.1. The Bertz CT molecular complexity index is 541. The summed E-state index contributed by atoms with van der Waals surface area (Å²) in [6.07, 6.45) is -6.80. The highest BCUT2D eigenvalue weighted by molar-refractivity contribution is 5.77. The van der Waals surface area contributed by atoms with Crippen LogP contribution in [0, 0.1) is 0 Å². The number of esters is 1. The van der Waals surface area contributed by atoms with E-state index in [1.807, 2.05) is 0 Å². The van der Waals surface area contributed by atoms with Crippen LogP contribution >= 0.6 is 0 Å². The summed E-state index contributed by atoms with van der Waals surface area (Å²) in [4.78, 5) is 11.5. The highest BCUT2D eigenvalue weighted by Gasteiger charge is 2.39. The van der Waals surface area contributed by atoms with Crippen LogP contribution in [0.15, 0.2) is 12.1 Å². The van der Waals surface area contributed by atoms with Gasteiger partial charge in [0.25, 0.3) is 0 Å². The van der Waals surface area contributed by atoms with Crippen molar-refractivity contribution in [3.8, 4) is 11.5 Å². The summed E-state index contributed by atoms with van der Waals surface area (Å²) in [6, 6.07) is 1.67. The molecule has 0 saturated carbocycles. The monoisotopic (exact) mass is 306 g/mol. The van der Waals surface area contributed by atoms with Crippen molar-refractivity contribution < 1.29 is 37.3 Å². The predicted octanol–water partition coefficient (Wildman–Crippen LogP) is 2.07. The largest absolute Gasteiger partial charge is 0.486 e. The first-order chi connectivity index (χ1) is 9.84. The maximum absolute atomic E-state index is 13.1. The molecule has 0 amide bonds. The third-order valence-electron chi connectivity index (χ3n) is 2.82. The molecule has 1 aromatic carbocycles. The fraction of sp³-hybridized carbons (Fsp3) is 0.462. The molecule has 1 aliphatic heterocycles. The molecule has 1 atom stereocenters. The van der Waals surface area contributed by atoms with Crippen molar-refractivity contribution in [1.82, 2.24) is 0 Å². The first-order valence-electron chi connectivity index (χ1n) is 6.20. The lowest BCUT2D eigenvalue weighted by atomic mass is 10.0. The van der Waals surface area contributed by atoms with Crippen LogP contribution in [0.5, 0.6) is 11.5 Å². The second kappa shape index (κ2) is 5.80. The third-order valence-corrected chi connectivity index (χ3v) is 2.82. The van der Waals surface area contributed by atoms with Crippen molar-refractivity contribution in [3.05, 3.63) is 23.3 Å². The Morgan fingerprint density at radius 3 is 2.43 bits per heavy atom. The third kappa shape index (κ3) is 3.21. The minimum Gasteiger partial charge on any atom is -0.486 e. The Morgan fingerprint density at radius 1 is 1.33 bits per heavy atom. The summed E-state index contributed by atoms with van der Waals surface area (Å²) in [5, 5.41) is 9.79. The summed E-state index contributed by atoms with van der Waals surface area (Å²) < 4.78 is 54.0. The lowest BCUT2D eigenvalue weighted by Crippen LogP contribution is -2.22. The Balaban J connectivity index is 2.49. The van der Waals surface area contributed by atoms with E-state index >= 15 is 0 Å². The topological polar surface area (TPSA) is 65.0 Å². The smallest absolute Gasteiger partial charge is 0.416 e. The number of aliphatic hydroxyl groups excluding tert-OH is 1. The second-order valence-electron chi connectivity index (χ2n) is 4.24. The first-order valence-corrected chi connectivity index (χ1v) is 6.20. The fourth-order valence-corrected chi connectivity index (χ4v) is 1.92. The van der Waals surface area contributed by atoms with Gasteiger partial charge in [-0.3, -0.25) is 0 Å². The standard InChI is InChI=1S/C13H13F3O5/c1-2-19-12(18)11(17)7-5-9-10(21-4-3-20-9)6-8(7)13(14,15)16/h5-6,11,17H,2-4H2,1H3. The van der Waals surface area contributed by atoms with Gasteiger partial charge in [0.05, 0.1) is 12.2 Å². The van der Waals surface area contributed by atoms with Gasteiger partial charge in [-0.25, -0.2) is 4.79 Å². The number of benzene rings is 1. The molecular formula is C13H13F3O5. The molecule has 2 rings (SSSR count). The first kappa shape index (κ1) is 15.4. The molecule has 5 nitrogen and oxygen atoms in total. The van der Waals surface area contributed by atoms with E-state index in [9.17, 15) is 23.1 Å². The van der Waals surface area contributed by atoms with E-state index in [1.54, 1.807) is 0 Å². The van der Waals surface area contributed by atoms with Gasteiger partial charge in [-0.05, 0) is 19.1 Å². The van der Waals surface area contributed by atoms with Crippen LogP contribution in [0.4, 0.5) is 13.2 Å². The maximum Gasteiger partial charge on any atom is 0.416 e. The van der Waals surface area contributed by atoms with Crippen LogP contribution < -0.4 is 9.47 Å². The number of carbonyl (C=O) groups excluding carboxylic acids is 1. The number of aliphatic hydroxyl groups is 1. The molecule has 0 fully saturated rings. The Hall–Kier alpha value is -1.96. The number of hydrogen-bond donors (Lipinski definition) is 1. The summed E-state index contributed by atoms with van der Waals surface area (Å²) in [6.45, 7) is 1.73. The van der Waals surface area contributed by atoms with Crippen LogP contribution in [0.3, 0.4) is 0 Å². The summed E-state index contributed by atoms with van der Waals surface area (Å²) in [7, 11) is 0. The molecule has 0 saturated heterocycles. The minimum absolute atomic E-state index is 0.0487. The van der Waals surface area contributed by atoms with E-state index in [1.165, 1.54) is 6.92 Å². The van der Waals surface area contributed by atoms with Gasteiger partial charge in [0.1, 0.15) is 13.2 Å². The number of ether oxygens (including phenoxy) is 3. The zero-order valence-corrected chi connectivity index (χ0v) is 11.1. The average Bonchev–Trinajstić information content (AvgIpc) is 2.44. The van der Waals surface area contributed by atoms with E-state index in [-0.39, 0.29) is 31.3 Å².